The van der Waals surface area contributed by atoms with Crippen LogP contribution in [-0.2, 0) is 6.54 Å². The maximum atomic E-state index is 5.71. The van der Waals surface area contributed by atoms with Gasteiger partial charge in [-0.1, -0.05) is 31.5 Å². The van der Waals surface area contributed by atoms with Crippen LogP contribution in [0.15, 0.2) is 36.5 Å². The lowest BCUT2D eigenvalue weighted by atomic mass is 10.1. The largest absolute Gasteiger partial charge is 0.329 e. The van der Waals surface area contributed by atoms with Gasteiger partial charge in [-0.05, 0) is 30.7 Å². The Balaban J connectivity index is 2.18. The Kier molecular flexibility index (Phi) is 5.31. The molecule has 0 radical (unpaired) electrons. The number of nitrogens with zero attached hydrogens (tertiary/aromatic N) is 2. The quantitative estimate of drug-likeness (QED) is 0.829. The number of hydrogen-bond donors (Lipinski definition) is 1. The van der Waals surface area contributed by atoms with Crippen LogP contribution in [-0.4, -0.2) is 29.5 Å². The molecule has 2 aromatic rings. The summed E-state index contributed by atoms with van der Waals surface area (Å²) in [6.07, 6.45) is 4.35. The summed E-state index contributed by atoms with van der Waals surface area (Å²) in [5.41, 5.74) is 8.13. The summed E-state index contributed by atoms with van der Waals surface area (Å²) in [4.78, 5) is 6.85. The predicted molar refractivity (Wildman–Crippen MR) is 81.0 cm³/mol. The minimum atomic E-state index is 0.715. The number of para-hydroxylation sites is 1. The summed E-state index contributed by atoms with van der Waals surface area (Å²) in [5, 5.41) is 1.25. The molecule has 0 amide bonds. The van der Waals surface area contributed by atoms with Crippen molar-refractivity contribution >= 4 is 10.9 Å². The average Bonchev–Trinajstić information content (AvgIpc) is 2.45. The van der Waals surface area contributed by atoms with E-state index in [4.69, 9.17) is 5.73 Å². The third-order valence-electron chi connectivity index (χ3n) is 3.41. The molecule has 1 aromatic carbocycles. The Morgan fingerprint density at radius 2 is 2.00 bits per heavy atom. The van der Waals surface area contributed by atoms with Crippen LogP contribution in [0.1, 0.15) is 25.3 Å². The van der Waals surface area contributed by atoms with Gasteiger partial charge in [-0.2, -0.15) is 0 Å². The van der Waals surface area contributed by atoms with Crippen LogP contribution in [0.4, 0.5) is 0 Å². The molecular weight excluding hydrogens is 234 g/mol. The lowest BCUT2D eigenvalue weighted by Crippen LogP contribution is -2.30. The highest BCUT2D eigenvalue weighted by Gasteiger charge is 2.07. The SMILES string of the molecule is CCCCN(CCN)Cc1ccnc2ccccc12. The maximum Gasteiger partial charge on any atom is 0.0705 e. The second kappa shape index (κ2) is 7.22. The Hall–Kier alpha value is -1.45. The van der Waals surface area contributed by atoms with Gasteiger partial charge in [0.2, 0.25) is 0 Å². The first kappa shape index (κ1) is 14.0. The summed E-state index contributed by atoms with van der Waals surface area (Å²) >= 11 is 0. The predicted octanol–water partition coefficient (Wildman–Crippen LogP) is 2.80. The molecule has 0 bridgehead atoms. The van der Waals surface area contributed by atoms with Gasteiger partial charge >= 0.3 is 0 Å². The lowest BCUT2D eigenvalue weighted by molar-refractivity contribution is 0.269. The molecule has 102 valence electrons. The van der Waals surface area contributed by atoms with Gasteiger partial charge in [0.25, 0.3) is 0 Å². The number of benzene rings is 1. The first-order valence-corrected chi connectivity index (χ1v) is 7.10. The molecule has 1 aromatic heterocycles. The van der Waals surface area contributed by atoms with Crippen molar-refractivity contribution in [2.24, 2.45) is 5.73 Å². The number of rotatable bonds is 7. The van der Waals surface area contributed by atoms with Crippen LogP contribution < -0.4 is 5.73 Å². The van der Waals surface area contributed by atoms with Gasteiger partial charge in [0.15, 0.2) is 0 Å². The molecule has 1 heterocycles. The van der Waals surface area contributed by atoms with Crippen LogP contribution >= 0.6 is 0 Å². The van der Waals surface area contributed by atoms with Gasteiger partial charge in [-0.3, -0.25) is 9.88 Å². The van der Waals surface area contributed by atoms with Crippen molar-refractivity contribution in [3.63, 3.8) is 0 Å². The standard InChI is InChI=1S/C16H23N3/c1-2-3-11-19(12-9-17)13-14-8-10-18-16-7-5-4-6-15(14)16/h4-8,10H,2-3,9,11-13,17H2,1H3. The van der Waals surface area contributed by atoms with Crippen LogP contribution in [0.25, 0.3) is 10.9 Å². The number of fused-ring (bicyclic) bond motifs is 1. The summed E-state index contributed by atoms with van der Waals surface area (Å²) in [5.74, 6) is 0. The van der Waals surface area contributed by atoms with E-state index in [0.717, 1.165) is 25.2 Å². The van der Waals surface area contributed by atoms with Gasteiger partial charge in [0.1, 0.15) is 0 Å². The minimum absolute atomic E-state index is 0.715. The Bertz CT molecular complexity index is 505. The van der Waals surface area contributed by atoms with E-state index in [-0.39, 0.29) is 0 Å². The lowest BCUT2D eigenvalue weighted by Gasteiger charge is -2.22. The summed E-state index contributed by atoms with van der Waals surface area (Å²) in [6, 6.07) is 10.5. The van der Waals surface area contributed by atoms with E-state index in [1.54, 1.807) is 0 Å². The fourth-order valence-electron chi connectivity index (χ4n) is 2.37. The molecule has 0 aliphatic carbocycles. The highest BCUT2D eigenvalue weighted by Crippen LogP contribution is 2.18. The number of hydrogen-bond acceptors (Lipinski definition) is 3. The van der Waals surface area contributed by atoms with E-state index in [1.165, 1.54) is 23.8 Å². The third-order valence-corrected chi connectivity index (χ3v) is 3.41. The molecule has 19 heavy (non-hydrogen) atoms. The first-order chi connectivity index (χ1) is 9.35. The number of aromatic nitrogens is 1. The Labute approximate surface area is 115 Å². The van der Waals surface area contributed by atoms with Crippen molar-refractivity contribution in [1.29, 1.82) is 0 Å². The smallest absolute Gasteiger partial charge is 0.0705 e. The van der Waals surface area contributed by atoms with Crippen molar-refractivity contribution in [3.05, 3.63) is 42.1 Å². The number of unbranched alkanes of at least 4 members (excludes halogenated alkanes) is 1. The second-order valence-electron chi connectivity index (χ2n) is 4.91. The maximum absolute atomic E-state index is 5.71. The van der Waals surface area contributed by atoms with Crippen LogP contribution in [0.5, 0.6) is 0 Å². The number of pyridine rings is 1. The highest BCUT2D eigenvalue weighted by atomic mass is 15.1. The molecule has 0 fully saturated rings. The molecule has 0 aliphatic rings. The van der Waals surface area contributed by atoms with E-state index in [1.807, 2.05) is 12.3 Å². The zero-order valence-corrected chi connectivity index (χ0v) is 11.7. The van der Waals surface area contributed by atoms with Crippen LogP contribution in [0, 0.1) is 0 Å². The fraction of sp³-hybridized carbons (Fsp3) is 0.438. The second-order valence-corrected chi connectivity index (χ2v) is 4.91. The molecular formula is C16H23N3. The highest BCUT2D eigenvalue weighted by molar-refractivity contribution is 5.81. The molecule has 0 aliphatic heterocycles. The van der Waals surface area contributed by atoms with Crippen molar-refractivity contribution < 1.29 is 0 Å². The fourth-order valence-corrected chi connectivity index (χ4v) is 2.37. The molecule has 2 N–H and O–H groups in total. The van der Waals surface area contributed by atoms with Crippen molar-refractivity contribution in [3.8, 4) is 0 Å². The monoisotopic (exact) mass is 257 g/mol. The molecule has 0 atom stereocenters. The normalized spacial score (nSPS) is 11.3. The zero-order chi connectivity index (χ0) is 13.5. The number of nitrogens with two attached hydrogens (primary N) is 1. The molecule has 3 nitrogen and oxygen atoms in total. The molecule has 2 rings (SSSR count). The van der Waals surface area contributed by atoms with Gasteiger partial charge < -0.3 is 5.73 Å². The average molecular weight is 257 g/mol. The van der Waals surface area contributed by atoms with E-state index < -0.39 is 0 Å². The first-order valence-electron chi connectivity index (χ1n) is 7.10. The van der Waals surface area contributed by atoms with E-state index in [9.17, 15) is 0 Å². The summed E-state index contributed by atoms with van der Waals surface area (Å²) in [6.45, 7) is 5.97. The summed E-state index contributed by atoms with van der Waals surface area (Å²) in [7, 11) is 0. The van der Waals surface area contributed by atoms with Gasteiger partial charge in [0.05, 0.1) is 5.52 Å². The molecule has 3 heteroatoms. The van der Waals surface area contributed by atoms with E-state index in [2.05, 4.69) is 41.1 Å². The zero-order valence-electron chi connectivity index (χ0n) is 11.7. The van der Waals surface area contributed by atoms with Crippen LogP contribution in [0.3, 0.4) is 0 Å². The third kappa shape index (κ3) is 3.75. The van der Waals surface area contributed by atoms with E-state index in [0.29, 0.717) is 6.54 Å². The molecule has 0 spiro atoms. The molecule has 0 saturated heterocycles. The Morgan fingerprint density at radius 3 is 2.79 bits per heavy atom. The van der Waals surface area contributed by atoms with Crippen LogP contribution in [0.2, 0.25) is 0 Å². The van der Waals surface area contributed by atoms with Crippen molar-refractivity contribution in [1.82, 2.24) is 9.88 Å². The molecule has 0 unspecified atom stereocenters. The van der Waals surface area contributed by atoms with Gasteiger partial charge in [0, 0.05) is 31.2 Å². The Morgan fingerprint density at radius 1 is 1.16 bits per heavy atom. The topological polar surface area (TPSA) is 42.1 Å². The van der Waals surface area contributed by atoms with E-state index >= 15 is 0 Å². The minimum Gasteiger partial charge on any atom is -0.329 e. The van der Waals surface area contributed by atoms with Gasteiger partial charge in [-0.25, -0.2) is 0 Å². The van der Waals surface area contributed by atoms with Crippen molar-refractivity contribution in [2.75, 3.05) is 19.6 Å². The van der Waals surface area contributed by atoms with Gasteiger partial charge in [-0.15, -0.1) is 0 Å². The van der Waals surface area contributed by atoms with Crippen molar-refractivity contribution in [2.45, 2.75) is 26.3 Å². The molecule has 0 saturated carbocycles. The summed E-state index contributed by atoms with van der Waals surface area (Å²) < 4.78 is 0.